The van der Waals surface area contributed by atoms with Crippen LogP contribution in [0.1, 0.15) is 19.3 Å². The zero-order valence-electron chi connectivity index (χ0n) is 5.95. The van der Waals surface area contributed by atoms with Gasteiger partial charge in [-0.25, -0.2) is 8.78 Å². The predicted octanol–water partition coefficient (Wildman–Crippen LogP) is 0.709. The van der Waals surface area contributed by atoms with Crippen LogP contribution in [-0.2, 0) is 0 Å². The van der Waals surface area contributed by atoms with Crippen molar-refractivity contribution in [1.82, 2.24) is 0 Å². The third kappa shape index (κ3) is 4.64. The Bertz CT molecular complexity index is 85.8. The number of rotatable bonds is 5. The fourth-order valence-electron chi connectivity index (χ4n) is 0.697. The fraction of sp³-hybridized carbons (Fsp3) is 1.00. The number of nitrogens with two attached hydrogens (primary N) is 2. The lowest BCUT2D eigenvalue weighted by molar-refractivity contribution is -0.0147. The number of alkyl halides is 2. The van der Waals surface area contributed by atoms with E-state index in [2.05, 4.69) is 0 Å². The van der Waals surface area contributed by atoms with Gasteiger partial charge in [-0.1, -0.05) is 0 Å². The maximum atomic E-state index is 12.5. The second kappa shape index (κ2) is 4.57. The summed E-state index contributed by atoms with van der Waals surface area (Å²) in [6.45, 7) is 0.359. The van der Waals surface area contributed by atoms with Gasteiger partial charge in [0.1, 0.15) is 0 Å². The first-order valence-corrected chi connectivity index (χ1v) is 3.40. The standard InChI is InChI=1S/C6H14F2N2/c7-6(8,3-5-10)2-1-4-9/h1-5,9-10H2. The summed E-state index contributed by atoms with van der Waals surface area (Å²) in [6, 6.07) is 0. The summed E-state index contributed by atoms with van der Waals surface area (Å²) in [7, 11) is 0. The lowest BCUT2D eigenvalue weighted by atomic mass is 10.1. The van der Waals surface area contributed by atoms with Gasteiger partial charge >= 0.3 is 0 Å². The second-order valence-corrected chi connectivity index (χ2v) is 2.29. The van der Waals surface area contributed by atoms with E-state index in [4.69, 9.17) is 11.5 Å². The lowest BCUT2D eigenvalue weighted by Gasteiger charge is -2.13. The van der Waals surface area contributed by atoms with E-state index in [1.165, 1.54) is 0 Å². The molecule has 0 aromatic heterocycles. The molecule has 0 unspecified atom stereocenters. The van der Waals surface area contributed by atoms with E-state index in [9.17, 15) is 8.78 Å². The summed E-state index contributed by atoms with van der Waals surface area (Å²) in [6.07, 6.45) is 0.000694. The molecule has 0 spiro atoms. The van der Waals surface area contributed by atoms with Crippen molar-refractivity contribution >= 4 is 0 Å². The van der Waals surface area contributed by atoms with Gasteiger partial charge in [-0.3, -0.25) is 0 Å². The molecule has 4 heteroatoms. The van der Waals surface area contributed by atoms with Crippen LogP contribution >= 0.6 is 0 Å². The SMILES string of the molecule is NCCCC(F)(F)CCN. The van der Waals surface area contributed by atoms with E-state index in [1.54, 1.807) is 0 Å². The molecule has 10 heavy (non-hydrogen) atoms. The van der Waals surface area contributed by atoms with Crippen LogP contribution in [-0.4, -0.2) is 19.0 Å². The van der Waals surface area contributed by atoms with Crippen LogP contribution in [0, 0.1) is 0 Å². The minimum Gasteiger partial charge on any atom is -0.330 e. The van der Waals surface area contributed by atoms with Crippen LogP contribution in [0.25, 0.3) is 0 Å². The van der Waals surface area contributed by atoms with Crippen molar-refractivity contribution in [2.45, 2.75) is 25.2 Å². The Morgan fingerprint density at radius 3 is 2.00 bits per heavy atom. The Hall–Kier alpha value is -0.220. The summed E-state index contributed by atoms with van der Waals surface area (Å²) < 4.78 is 25.0. The first-order chi connectivity index (χ1) is 4.62. The molecule has 0 aliphatic carbocycles. The third-order valence-electron chi connectivity index (χ3n) is 1.26. The average molecular weight is 152 g/mol. The molecule has 62 valence electrons. The summed E-state index contributed by atoms with van der Waals surface area (Å²) in [5, 5.41) is 0. The molecule has 0 aliphatic heterocycles. The molecule has 0 saturated heterocycles. The quantitative estimate of drug-likeness (QED) is 0.609. The molecule has 0 bridgehead atoms. The fourth-order valence-corrected chi connectivity index (χ4v) is 0.697. The molecule has 0 aliphatic rings. The van der Waals surface area contributed by atoms with Crippen molar-refractivity contribution in [3.63, 3.8) is 0 Å². The smallest absolute Gasteiger partial charge is 0.249 e. The van der Waals surface area contributed by atoms with Crippen LogP contribution in [0.5, 0.6) is 0 Å². The van der Waals surface area contributed by atoms with Gasteiger partial charge in [0.25, 0.3) is 0 Å². The van der Waals surface area contributed by atoms with Crippen LogP contribution in [0.15, 0.2) is 0 Å². The van der Waals surface area contributed by atoms with E-state index in [1.807, 2.05) is 0 Å². The van der Waals surface area contributed by atoms with E-state index in [0.717, 1.165) is 0 Å². The molecule has 0 rings (SSSR count). The van der Waals surface area contributed by atoms with Gasteiger partial charge in [-0.15, -0.1) is 0 Å². The van der Waals surface area contributed by atoms with Crippen molar-refractivity contribution in [1.29, 1.82) is 0 Å². The Morgan fingerprint density at radius 1 is 1.00 bits per heavy atom. The molecular weight excluding hydrogens is 138 g/mol. The molecule has 0 atom stereocenters. The Morgan fingerprint density at radius 2 is 1.60 bits per heavy atom. The van der Waals surface area contributed by atoms with Crippen molar-refractivity contribution in [3.05, 3.63) is 0 Å². The Balaban J connectivity index is 3.42. The van der Waals surface area contributed by atoms with Gasteiger partial charge in [0.15, 0.2) is 0 Å². The van der Waals surface area contributed by atoms with Gasteiger partial charge in [-0.2, -0.15) is 0 Å². The number of hydrogen-bond donors (Lipinski definition) is 2. The molecule has 0 saturated carbocycles. The van der Waals surface area contributed by atoms with Crippen molar-refractivity contribution in [2.24, 2.45) is 11.5 Å². The van der Waals surface area contributed by atoms with Crippen LogP contribution in [0.3, 0.4) is 0 Å². The Kier molecular flexibility index (Phi) is 4.47. The third-order valence-corrected chi connectivity index (χ3v) is 1.26. The molecule has 0 radical (unpaired) electrons. The van der Waals surface area contributed by atoms with Crippen molar-refractivity contribution < 1.29 is 8.78 Å². The van der Waals surface area contributed by atoms with Crippen LogP contribution < -0.4 is 11.5 Å². The zero-order chi connectivity index (χ0) is 8.04. The number of halogens is 2. The minimum absolute atomic E-state index is 0.0393. The second-order valence-electron chi connectivity index (χ2n) is 2.29. The summed E-state index contributed by atoms with van der Waals surface area (Å²) in [4.78, 5) is 0. The topological polar surface area (TPSA) is 52.0 Å². The maximum absolute atomic E-state index is 12.5. The van der Waals surface area contributed by atoms with Crippen molar-refractivity contribution in [2.75, 3.05) is 13.1 Å². The van der Waals surface area contributed by atoms with Gasteiger partial charge in [0.05, 0.1) is 0 Å². The molecule has 0 fully saturated rings. The summed E-state index contributed by atoms with van der Waals surface area (Å²) >= 11 is 0. The monoisotopic (exact) mass is 152 g/mol. The predicted molar refractivity (Wildman–Crippen MR) is 36.9 cm³/mol. The normalized spacial score (nSPS) is 12.0. The first kappa shape index (κ1) is 9.78. The van der Waals surface area contributed by atoms with Gasteiger partial charge < -0.3 is 11.5 Å². The highest BCUT2D eigenvalue weighted by Crippen LogP contribution is 2.22. The molecule has 4 N–H and O–H groups in total. The zero-order valence-corrected chi connectivity index (χ0v) is 5.95. The largest absolute Gasteiger partial charge is 0.330 e. The maximum Gasteiger partial charge on any atom is 0.249 e. The van der Waals surface area contributed by atoms with E-state index < -0.39 is 5.92 Å². The number of hydrogen-bond acceptors (Lipinski definition) is 2. The van der Waals surface area contributed by atoms with E-state index in [0.29, 0.717) is 13.0 Å². The van der Waals surface area contributed by atoms with Gasteiger partial charge in [0, 0.05) is 12.8 Å². The van der Waals surface area contributed by atoms with Crippen LogP contribution in [0.4, 0.5) is 8.78 Å². The molecule has 0 heterocycles. The minimum atomic E-state index is -2.60. The Labute approximate surface area is 59.6 Å². The summed E-state index contributed by atoms with van der Waals surface area (Å²) in [5.74, 6) is -2.60. The molecule has 0 aromatic carbocycles. The summed E-state index contributed by atoms with van der Waals surface area (Å²) in [5.41, 5.74) is 10.0. The molecule has 0 aromatic rings. The highest BCUT2D eigenvalue weighted by molar-refractivity contribution is 4.66. The average Bonchev–Trinajstić information content (AvgIpc) is 1.84. The van der Waals surface area contributed by atoms with E-state index >= 15 is 0 Å². The van der Waals surface area contributed by atoms with Crippen molar-refractivity contribution in [3.8, 4) is 0 Å². The first-order valence-electron chi connectivity index (χ1n) is 3.40. The van der Waals surface area contributed by atoms with Gasteiger partial charge in [0.2, 0.25) is 5.92 Å². The van der Waals surface area contributed by atoms with Crippen LogP contribution in [0.2, 0.25) is 0 Å². The molecule has 0 amide bonds. The van der Waals surface area contributed by atoms with E-state index in [-0.39, 0.29) is 19.4 Å². The molecule has 2 nitrogen and oxygen atoms in total. The lowest BCUT2D eigenvalue weighted by Crippen LogP contribution is -2.21. The molecular formula is C6H14F2N2. The highest BCUT2D eigenvalue weighted by atomic mass is 19.3. The van der Waals surface area contributed by atoms with Gasteiger partial charge in [-0.05, 0) is 19.5 Å². The highest BCUT2D eigenvalue weighted by Gasteiger charge is 2.26.